The highest BCUT2D eigenvalue weighted by atomic mass is 16.5. The summed E-state index contributed by atoms with van der Waals surface area (Å²) in [6.45, 7) is 6.71. The predicted octanol–water partition coefficient (Wildman–Crippen LogP) is 0.816. The van der Waals surface area contributed by atoms with Crippen LogP contribution >= 0.6 is 0 Å². The van der Waals surface area contributed by atoms with Crippen LogP contribution in [-0.4, -0.2) is 35.9 Å². The van der Waals surface area contributed by atoms with Crippen LogP contribution in [0.1, 0.15) is 12.7 Å². The van der Waals surface area contributed by atoms with Gasteiger partial charge in [-0.05, 0) is 13.5 Å². The molecule has 1 atom stereocenters. The van der Waals surface area contributed by atoms with Crippen molar-refractivity contribution in [1.29, 1.82) is 0 Å². The van der Waals surface area contributed by atoms with Gasteiger partial charge in [0.25, 0.3) is 0 Å². The lowest BCUT2D eigenvalue weighted by molar-refractivity contribution is 0.159. The summed E-state index contributed by atoms with van der Waals surface area (Å²) in [6, 6.07) is 0.359. The van der Waals surface area contributed by atoms with E-state index >= 15 is 0 Å². The predicted molar refractivity (Wildman–Crippen MR) is 56.3 cm³/mol. The summed E-state index contributed by atoms with van der Waals surface area (Å²) in [5.41, 5.74) is 0. The van der Waals surface area contributed by atoms with Crippen LogP contribution < -0.4 is 5.32 Å². The zero-order valence-corrected chi connectivity index (χ0v) is 9.16. The van der Waals surface area contributed by atoms with E-state index in [0.29, 0.717) is 6.04 Å². The Labute approximate surface area is 85.3 Å². The molecule has 1 aromatic rings. The first-order chi connectivity index (χ1) is 6.77. The van der Waals surface area contributed by atoms with Crippen molar-refractivity contribution in [1.82, 2.24) is 14.9 Å². The van der Waals surface area contributed by atoms with Crippen molar-refractivity contribution in [2.24, 2.45) is 0 Å². The highest BCUT2D eigenvalue weighted by Crippen LogP contribution is 1.98. The number of nitrogens with zero attached hydrogens (tertiary/aromatic N) is 2. The van der Waals surface area contributed by atoms with Gasteiger partial charge in [0.15, 0.2) is 0 Å². The molecule has 80 valence electrons. The molecule has 1 heterocycles. The van der Waals surface area contributed by atoms with Gasteiger partial charge in [0, 0.05) is 32.1 Å². The molecule has 1 rings (SSSR count). The molecule has 14 heavy (non-hydrogen) atoms. The lowest BCUT2D eigenvalue weighted by atomic mass is 10.3. The maximum Gasteiger partial charge on any atom is 0.105 e. The SMILES string of the molecule is CCNC(COC)Cn1ccnc1C. The maximum atomic E-state index is 5.15. The fraction of sp³-hybridized carbons (Fsp3) is 0.700. The summed E-state index contributed by atoms with van der Waals surface area (Å²) in [4.78, 5) is 4.18. The van der Waals surface area contributed by atoms with E-state index in [4.69, 9.17) is 4.74 Å². The summed E-state index contributed by atoms with van der Waals surface area (Å²) in [6.07, 6.45) is 3.82. The largest absolute Gasteiger partial charge is 0.383 e. The summed E-state index contributed by atoms with van der Waals surface area (Å²) in [5, 5.41) is 3.38. The lowest BCUT2D eigenvalue weighted by Crippen LogP contribution is -2.37. The Balaban J connectivity index is 2.50. The molecule has 4 nitrogen and oxygen atoms in total. The lowest BCUT2D eigenvalue weighted by Gasteiger charge is -2.18. The fourth-order valence-electron chi connectivity index (χ4n) is 1.50. The minimum atomic E-state index is 0.359. The first-order valence-electron chi connectivity index (χ1n) is 4.98. The zero-order chi connectivity index (χ0) is 10.4. The zero-order valence-electron chi connectivity index (χ0n) is 9.16. The molecule has 0 aliphatic heterocycles. The van der Waals surface area contributed by atoms with E-state index in [1.807, 2.05) is 19.3 Å². The van der Waals surface area contributed by atoms with Crippen LogP contribution in [0.5, 0.6) is 0 Å². The third-order valence-electron chi connectivity index (χ3n) is 2.20. The third-order valence-corrected chi connectivity index (χ3v) is 2.20. The van der Waals surface area contributed by atoms with Crippen molar-refractivity contribution in [3.8, 4) is 0 Å². The highest BCUT2D eigenvalue weighted by Gasteiger charge is 2.08. The number of hydrogen-bond donors (Lipinski definition) is 1. The Morgan fingerprint density at radius 1 is 1.64 bits per heavy atom. The molecule has 0 bridgehead atoms. The van der Waals surface area contributed by atoms with Gasteiger partial charge < -0.3 is 14.6 Å². The molecule has 4 heteroatoms. The van der Waals surface area contributed by atoms with Crippen LogP contribution in [0.4, 0.5) is 0 Å². The Morgan fingerprint density at radius 2 is 2.43 bits per heavy atom. The summed E-state index contributed by atoms with van der Waals surface area (Å²) in [7, 11) is 1.73. The molecule has 0 aromatic carbocycles. The van der Waals surface area contributed by atoms with E-state index in [9.17, 15) is 0 Å². The van der Waals surface area contributed by atoms with Crippen LogP contribution in [-0.2, 0) is 11.3 Å². The normalized spacial score (nSPS) is 13.1. The van der Waals surface area contributed by atoms with Crippen LogP contribution in [0.2, 0.25) is 0 Å². The number of methoxy groups -OCH3 is 1. The van der Waals surface area contributed by atoms with Gasteiger partial charge in [-0.3, -0.25) is 0 Å². The number of aromatic nitrogens is 2. The molecule has 0 amide bonds. The Bertz CT molecular complexity index is 254. The van der Waals surface area contributed by atoms with Crippen molar-refractivity contribution in [2.45, 2.75) is 26.4 Å². The summed E-state index contributed by atoms with van der Waals surface area (Å²) in [5.74, 6) is 1.05. The quantitative estimate of drug-likeness (QED) is 0.733. The number of ether oxygens (including phenoxy) is 1. The molecule has 0 fully saturated rings. The van der Waals surface area contributed by atoms with E-state index in [-0.39, 0.29) is 0 Å². The molecule has 0 aliphatic carbocycles. The molecular weight excluding hydrogens is 178 g/mol. The first-order valence-corrected chi connectivity index (χ1v) is 4.98. The highest BCUT2D eigenvalue weighted by molar-refractivity contribution is 4.89. The molecule has 1 aromatic heterocycles. The molecule has 0 spiro atoms. The first kappa shape index (κ1) is 11.2. The van der Waals surface area contributed by atoms with Gasteiger partial charge in [0.1, 0.15) is 5.82 Å². The summed E-state index contributed by atoms with van der Waals surface area (Å²) < 4.78 is 7.28. The van der Waals surface area contributed by atoms with E-state index in [1.54, 1.807) is 7.11 Å². The number of imidazole rings is 1. The Morgan fingerprint density at radius 3 is 2.93 bits per heavy atom. The van der Waals surface area contributed by atoms with Gasteiger partial charge in [0.2, 0.25) is 0 Å². The second kappa shape index (κ2) is 5.78. The van der Waals surface area contributed by atoms with Crippen molar-refractivity contribution in [3.05, 3.63) is 18.2 Å². The molecule has 0 saturated heterocycles. The number of aryl methyl sites for hydroxylation is 1. The second-order valence-corrected chi connectivity index (χ2v) is 3.34. The molecule has 0 saturated carbocycles. The van der Waals surface area contributed by atoms with Gasteiger partial charge in [0.05, 0.1) is 6.61 Å². The molecule has 0 radical (unpaired) electrons. The van der Waals surface area contributed by atoms with Crippen molar-refractivity contribution in [3.63, 3.8) is 0 Å². The minimum absolute atomic E-state index is 0.359. The molecule has 1 unspecified atom stereocenters. The van der Waals surface area contributed by atoms with Gasteiger partial charge in [-0.15, -0.1) is 0 Å². The monoisotopic (exact) mass is 197 g/mol. The number of hydrogen-bond acceptors (Lipinski definition) is 3. The Hall–Kier alpha value is -0.870. The van der Waals surface area contributed by atoms with E-state index in [0.717, 1.165) is 25.5 Å². The standard InChI is InChI=1S/C10H19N3O/c1-4-11-10(8-14-3)7-13-6-5-12-9(13)2/h5-6,10-11H,4,7-8H2,1-3H3. The summed E-state index contributed by atoms with van der Waals surface area (Å²) >= 11 is 0. The Kier molecular flexibility index (Phi) is 4.62. The van der Waals surface area contributed by atoms with E-state index in [2.05, 4.69) is 21.8 Å². The second-order valence-electron chi connectivity index (χ2n) is 3.34. The minimum Gasteiger partial charge on any atom is -0.383 e. The number of rotatable bonds is 6. The number of likely N-dealkylation sites (N-methyl/N-ethyl adjacent to an activating group) is 1. The van der Waals surface area contributed by atoms with Crippen molar-refractivity contribution in [2.75, 3.05) is 20.3 Å². The fourth-order valence-corrected chi connectivity index (χ4v) is 1.50. The van der Waals surface area contributed by atoms with E-state index in [1.165, 1.54) is 0 Å². The van der Waals surface area contributed by atoms with Crippen LogP contribution in [0.25, 0.3) is 0 Å². The van der Waals surface area contributed by atoms with Crippen molar-refractivity contribution >= 4 is 0 Å². The average molecular weight is 197 g/mol. The van der Waals surface area contributed by atoms with E-state index < -0.39 is 0 Å². The van der Waals surface area contributed by atoms with Gasteiger partial charge in [-0.25, -0.2) is 4.98 Å². The van der Waals surface area contributed by atoms with Crippen molar-refractivity contribution < 1.29 is 4.74 Å². The topological polar surface area (TPSA) is 39.1 Å². The van der Waals surface area contributed by atoms with Gasteiger partial charge in [-0.1, -0.05) is 6.92 Å². The van der Waals surface area contributed by atoms with Crippen LogP contribution in [0, 0.1) is 6.92 Å². The maximum absolute atomic E-state index is 5.15. The van der Waals surface area contributed by atoms with Crippen LogP contribution in [0.3, 0.4) is 0 Å². The molecule has 1 N–H and O–H groups in total. The smallest absolute Gasteiger partial charge is 0.105 e. The molecule has 0 aliphatic rings. The number of nitrogens with one attached hydrogen (secondary N) is 1. The van der Waals surface area contributed by atoms with Crippen LogP contribution in [0.15, 0.2) is 12.4 Å². The third kappa shape index (κ3) is 3.12. The van der Waals surface area contributed by atoms with Gasteiger partial charge >= 0.3 is 0 Å². The average Bonchev–Trinajstić information content (AvgIpc) is 2.53. The molecular formula is C10H19N3O. The van der Waals surface area contributed by atoms with Gasteiger partial charge in [-0.2, -0.15) is 0 Å².